The van der Waals surface area contributed by atoms with Gasteiger partial charge in [-0.3, -0.25) is 4.79 Å². The Morgan fingerprint density at radius 1 is 1.22 bits per heavy atom. The Balaban J connectivity index is 1.63. The summed E-state index contributed by atoms with van der Waals surface area (Å²) in [5.74, 6) is -0.0689. The molecule has 1 aromatic heterocycles. The Bertz CT molecular complexity index is 677. The van der Waals surface area contributed by atoms with Crippen LogP contribution in [0.25, 0.3) is 0 Å². The molecule has 1 fully saturated rings. The standard InChI is InChI=1S/C17H19N3O2S/c1-11-10-12(2)19-17(18-11)23-14-7-5-13(6-8-14)20-16(21)15-4-3-9-22-15/h5-8,10,15H,3-4,9H2,1-2H3,(H,20,21). The lowest BCUT2D eigenvalue weighted by molar-refractivity contribution is -0.124. The molecule has 120 valence electrons. The van der Waals surface area contributed by atoms with E-state index in [0.717, 1.165) is 40.0 Å². The third-order valence-corrected chi connectivity index (χ3v) is 4.39. The van der Waals surface area contributed by atoms with Gasteiger partial charge in [-0.05, 0) is 68.8 Å². The monoisotopic (exact) mass is 329 g/mol. The van der Waals surface area contributed by atoms with Crippen LogP contribution in [-0.4, -0.2) is 28.6 Å². The maximum atomic E-state index is 12.0. The minimum absolute atomic E-state index is 0.0689. The van der Waals surface area contributed by atoms with Gasteiger partial charge in [-0.2, -0.15) is 0 Å². The van der Waals surface area contributed by atoms with E-state index in [1.165, 1.54) is 11.8 Å². The maximum Gasteiger partial charge on any atom is 0.253 e. The number of amides is 1. The number of hydrogen-bond acceptors (Lipinski definition) is 5. The van der Waals surface area contributed by atoms with Gasteiger partial charge in [0.1, 0.15) is 6.10 Å². The molecule has 0 aliphatic carbocycles. The minimum Gasteiger partial charge on any atom is -0.368 e. The highest BCUT2D eigenvalue weighted by Crippen LogP contribution is 2.26. The van der Waals surface area contributed by atoms with Crippen molar-refractivity contribution in [3.8, 4) is 0 Å². The molecule has 1 atom stereocenters. The van der Waals surface area contributed by atoms with Gasteiger partial charge in [0.15, 0.2) is 5.16 Å². The van der Waals surface area contributed by atoms with E-state index in [4.69, 9.17) is 4.74 Å². The van der Waals surface area contributed by atoms with Crippen molar-refractivity contribution >= 4 is 23.4 Å². The first-order valence-corrected chi connectivity index (χ1v) is 8.44. The fraction of sp³-hybridized carbons (Fsp3) is 0.353. The van der Waals surface area contributed by atoms with Crippen LogP contribution in [-0.2, 0) is 9.53 Å². The van der Waals surface area contributed by atoms with Gasteiger partial charge in [0, 0.05) is 28.6 Å². The zero-order valence-corrected chi connectivity index (χ0v) is 14.0. The summed E-state index contributed by atoms with van der Waals surface area (Å²) in [5.41, 5.74) is 2.69. The Kier molecular flexibility index (Phi) is 4.93. The highest BCUT2D eigenvalue weighted by Gasteiger charge is 2.23. The van der Waals surface area contributed by atoms with Crippen LogP contribution in [0.3, 0.4) is 0 Å². The van der Waals surface area contributed by atoms with Crippen molar-refractivity contribution in [2.24, 2.45) is 0 Å². The number of ether oxygens (including phenoxy) is 1. The van der Waals surface area contributed by atoms with Crippen molar-refractivity contribution in [2.45, 2.75) is 42.8 Å². The van der Waals surface area contributed by atoms with Gasteiger partial charge in [-0.15, -0.1) is 0 Å². The second-order valence-electron chi connectivity index (χ2n) is 5.55. The van der Waals surface area contributed by atoms with E-state index in [0.29, 0.717) is 6.61 Å². The van der Waals surface area contributed by atoms with Crippen molar-refractivity contribution in [2.75, 3.05) is 11.9 Å². The molecule has 6 heteroatoms. The predicted octanol–water partition coefficient (Wildman–Crippen LogP) is 3.36. The summed E-state index contributed by atoms with van der Waals surface area (Å²) in [6, 6.07) is 9.64. The molecule has 23 heavy (non-hydrogen) atoms. The normalized spacial score (nSPS) is 17.2. The van der Waals surface area contributed by atoms with Crippen molar-refractivity contribution < 1.29 is 9.53 Å². The molecular weight excluding hydrogens is 310 g/mol. The number of anilines is 1. The Morgan fingerprint density at radius 3 is 2.52 bits per heavy atom. The van der Waals surface area contributed by atoms with E-state index in [-0.39, 0.29) is 12.0 Å². The van der Waals surface area contributed by atoms with Crippen LogP contribution >= 0.6 is 11.8 Å². The van der Waals surface area contributed by atoms with E-state index >= 15 is 0 Å². The molecule has 0 bridgehead atoms. The van der Waals surface area contributed by atoms with E-state index in [9.17, 15) is 4.79 Å². The van der Waals surface area contributed by atoms with Gasteiger partial charge in [-0.1, -0.05) is 0 Å². The molecule has 5 nitrogen and oxygen atoms in total. The Morgan fingerprint density at radius 2 is 1.91 bits per heavy atom. The Hall–Kier alpha value is -1.92. The smallest absolute Gasteiger partial charge is 0.253 e. The third kappa shape index (κ3) is 4.30. The van der Waals surface area contributed by atoms with Crippen molar-refractivity contribution in [1.82, 2.24) is 9.97 Å². The molecule has 1 saturated heterocycles. The number of nitrogens with one attached hydrogen (secondary N) is 1. The highest BCUT2D eigenvalue weighted by molar-refractivity contribution is 7.99. The van der Waals surface area contributed by atoms with Crippen molar-refractivity contribution in [3.05, 3.63) is 41.7 Å². The average Bonchev–Trinajstić information content (AvgIpc) is 3.02. The van der Waals surface area contributed by atoms with Crippen LogP contribution in [0.5, 0.6) is 0 Å². The summed E-state index contributed by atoms with van der Waals surface area (Å²) >= 11 is 1.51. The molecule has 1 aliphatic heterocycles. The first kappa shape index (κ1) is 16.0. The van der Waals surface area contributed by atoms with Crippen LogP contribution < -0.4 is 5.32 Å². The molecule has 1 amide bonds. The van der Waals surface area contributed by atoms with Gasteiger partial charge in [-0.25, -0.2) is 9.97 Å². The quantitative estimate of drug-likeness (QED) is 0.871. The first-order chi connectivity index (χ1) is 11.1. The van der Waals surface area contributed by atoms with E-state index < -0.39 is 0 Å². The van der Waals surface area contributed by atoms with Crippen molar-refractivity contribution in [3.63, 3.8) is 0 Å². The first-order valence-electron chi connectivity index (χ1n) is 7.63. The molecule has 0 saturated carbocycles. The van der Waals surface area contributed by atoms with Gasteiger partial charge in [0.05, 0.1) is 0 Å². The van der Waals surface area contributed by atoms with Crippen LogP contribution in [0.1, 0.15) is 24.2 Å². The molecule has 1 N–H and O–H groups in total. The van der Waals surface area contributed by atoms with E-state index in [1.807, 2.05) is 44.2 Å². The fourth-order valence-corrected chi connectivity index (χ4v) is 3.32. The van der Waals surface area contributed by atoms with Gasteiger partial charge >= 0.3 is 0 Å². The lowest BCUT2D eigenvalue weighted by atomic mass is 10.2. The van der Waals surface area contributed by atoms with Gasteiger partial charge in [0.2, 0.25) is 0 Å². The highest BCUT2D eigenvalue weighted by atomic mass is 32.2. The van der Waals surface area contributed by atoms with Crippen LogP contribution in [0.2, 0.25) is 0 Å². The number of benzene rings is 1. The number of aryl methyl sites for hydroxylation is 2. The SMILES string of the molecule is Cc1cc(C)nc(Sc2ccc(NC(=O)C3CCCO3)cc2)n1. The fourth-order valence-electron chi connectivity index (χ4n) is 2.46. The van der Waals surface area contributed by atoms with E-state index in [2.05, 4.69) is 15.3 Å². The minimum atomic E-state index is -0.312. The molecular formula is C17H19N3O2S. The average molecular weight is 329 g/mol. The van der Waals surface area contributed by atoms with E-state index in [1.54, 1.807) is 0 Å². The van der Waals surface area contributed by atoms with Crippen LogP contribution in [0.15, 0.2) is 40.4 Å². The summed E-state index contributed by atoms with van der Waals surface area (Å²) < 4.78 is 5.38. The molecule has 1 aromatic carbocycles. The second kappa shape index (κ2) is 7.10. The molecule has 0 spiro atoms. The third-order valence-electron chi connectivity index (χ3n) is 3.51. The molecule has 0 radical (unpaired) electrons. The molecule has 1 aliphatic rings. The lowest BCUT2D eigenvalue weighted by Gasteiger charge is -2.10. The zero-order valence-electron chi connectivity index (χ0n) is 13.2. The second-order valence-corrected chi connectivity index (χ2v) is 6.59. The number of hydrogen-bond donors (Lipinski definition) is 1. The summed E-state index contributed by atoms with van der Waals surface area (Å²) in [4.78, 5) is 21.9. The number of nitrogens with zero attached hydrogens (tertiary/aromatic N) is 2. The number of rotatable bonds is 4. The predicted molar refractivity (Wildman–Crippen MR) is 89.7 cm³/mol. The number of carbonyl (C=O) groups excluding carboxylic acids is 1. The molecule has 2 heterocycles. The zero-order chi connectivity index (χ0) is 16.2. The molecule has 1 unspecified atom stereocenters. The maximum absolute atomic E-state index is 12.0. The summed E-state index contributed by atoms with van der Waals surface area (Å²) in [6.07, 6.45) is 1.43. The summed E-state index contributed by atoms with van der Waals surface area (Å²) in [6.45, 7) is 4.59. The lowest BCUT2D eigenvalue weighted by Crippen LogP contribution is -2.26. The molecule has 2 aromatic rings. The topological polar surface area (TPSA) is 64.1 Å². The van der Waals surface area contributed by atoms with Gasteiger partial charge < -0.3 is 10.1 Å². The molecule has 3 rings (SSSR count). The van der Waals surface area contributed by atoms with Gasteiger partial charge in [0.25, 0.3) is 5.91 Å². The van der Waals surface area contributed by atoms with Crippen LogP contribution in [0.4, 0.5) is 5.69 Å². The largest absolute Gasteiger partial charge is 0.368 e. The summed E-state index contributed by atoms with van der Waals surface area (Å²) in [5, 5.41) is 3.62. The Labute approximate surface area is 139 Å². The number of carbonyl (C=O) groups is 1. The summed E-state index contributed by atoms with van der Waals surface area (Å²) in [7, 11) is 0. The van der Waals surface area contributed by atoms with Crippen molar-refractivity contribution in [1.29, 1.82) is 0 Å². The van der Waals surface area contributed by atoms with Crippen LogP contribution in [0, 0.1) is 13.8 Å². The number of aromatic nitrogens is 2.